The van der Waals surface area contributed by atoms with Gasteiger partial charge in [0.05, 0.1) is 11.6 Å². The summed E-state index contributed by atoms with van der Waals surface area (Å²) in [4.78, 5) is 26.4. The summed E-state index contributed by atoms with van der Waals surface area (Å²) in [5.41, 5.74) is 7.57. The minimum atomic E-state index is -0.490. The summed E-state index contributed by atoms with van der Waals surface area (Å²) in [5.74, 6) is -0.00167. The predicted molar refractivity (Wildman–Crippen MR) is 153 cm³/mol. The molecule has 1 aromatic heterocycles. The standard InChI is InChI=1S/C30H26IN3O3/c1-19-26-24(13-8-14-25(26)37-28(19)30(36)32-23-17-15-22(31)16-18-23)33-34-29(35)27(20-9-4-2-5-10-20)21-11-6-3-7-12-21/h2-7,9-12,15-18,27H,8,13-14H2,1H3,(H,32,36)(H,34,35)/b33-24+. The zero-order valence-corrected chi connectivity index (χ0v) is 22.5. The smallest absolute Gasteiger partial charge is 0.291 e. The summed E-state index contributed by atoms with van der Waals surface area (Å²) in [6, 6.07) is 26.9. The van der Waals surface area contributed by atoms with Gasteiger partial charge in [-0.15, -0.1) is 0 Å². The van der Waals surface area contributed by atoms with E-state index in [1.807, 2.05) is 91.9 Å². The number of carbonyl (C=O) groups excluding carboxylic acids is 2. The molecule has 6 nitrogen and oxygen atoms in total. The van der Waals surface area contributed by atoms with Gasteiger partial charge in [-0.1, -0.05) is 60.7 Å². The lowest BCUT2D eigenvalue weighted by Crippen LogP contribution is -2.28. The second kappa shape index (κ2) is 11.1. The minimum Gasteiger partial charge on any atom is -0.455 e. The van der Waals surface area contributed by atoms with Crippen molar-refractivity contribution in [3.8, 4) is 0 Å². The van der Waals surface area contributed by atoms with Crippen LogP contribution in [0, 0.1) is 10.5 Å². The molecule has 0 aliphatic heterocycles. The van der Waals surface area contributed by atoms with Gasteiger partial charge in [0.15, 0.2) is 5.76 Å². The molecule has 1 heterocycles. The van der Waals surface area contributed by atoms with E-state index in [4.69, 9.17) is 4.42 Å². The van der Waals surface area contributed by atoms with E-state index < -0.39 is 5.92 Å². The van der Waals surface area contributed by atoms with Crippen LogP contribution in [0.5, 0.6) is 0 Å². The highest BCUT2D eigenvalue weighted by Gasteiger charge is 2.29. The number of rotatable bonds is 6. The van der Waals surface area contributed by atoms with Gasteiger partial charge in [-0.25, -0.2) is 5.43 Å². The van der Waals surface area contributed by atoms with Crippen LogP contribution in [0.4, 0.5) is 5.69 Å². The fourth-order valence-electron chi connectivity index (χ4n) is 4.69. The molecule has 0 bridgehead atoms. The molecule has 1 aliphatic rings. The third-order valence-corrected chi connectivity index (χ3v) is 7.18. The van der Waals surface area contributed by atoms with E-state index in [-0.39, 0.29) is 17.6 Å². The molecule has 1 aliphatic carbocycles. The van der Waals surface area contributed by atoms with Crippen LogP contribution in [0.1, 0.15) is 57.3 Å². The molecule has 0 spiro atoms. The van der Waals surface area contributed by atoms with Crippen molar-refractivity contribution in [2.75, 3.05) is 5.32 Å². The fourth-order valence-corrected chi connectivity index (χ4v) is 5.05. The third-order valence-electron chi connectivity index (χ3n) is 6.46. The van der Waals surface area contributed by atoms with Gasteiger partial charge < -0.3 is 9.73 Å². The molecule has 0 fully saturated rings. The first-order valence-corrected chi connectivity index (χ1v) is 13.2. The lowest BCUT2D eigenvalue weighted by atomic mass is 9.90. The summed E-state index contributed by atoms with van der Waals surface area (Å²) < 4.78 is 7.10. The monoisotopic (exact) mass is 603 g/mol. The molecular weight excluding hydrogens is 577 g/mol. The highest BCUT2D eigenvalue weighted by Crippen LogP contribution is 2.31. The minimum absolute atomic E-state index is 0.213. The summed E-state index contributed by atoms with van der Waals surface area (Å²) in [6.07, 6.45) is 2.23. The molecule has 0 saturated heterocycles. The number of fused-ring (bicyclic) bond motifs is 1. The lowest BCUT2D eigenvalue weighted by molar-refractivity contribution is -0.121. The summed E-state index contributed by atoms with van der Waals surface area (Å²) in [7, 11) is 0. The maximum Gasteiger partial charge on any atom is 0.291 e. The third kappa shape index (κ3) is 5.51. The van der Waals surface area contributed by atoms with Crippen molar-refractivity contribution < 1.29 is 14.0 Å². The highest BCUT2D eigenvalue weighted by atomic mass is 127. The van der Waals surface area contributed by atoms with E-state index in [0.29, 0.717) is 12.1 Å². The molecule has 0 atom stereocenters. The Labute approximate surface area is 229 Å². The number of furan rings is 1. The van der Waals surface area contributed by atoms with Crippen LogP contribution in [0.2, 0.25) is 0 Å². The van der Waals surface area contributed by atoms with Crippen molar-refractivity contribution in [3.05, 3.63) is 122 Å². The van der Waals surface area contributed by atoms with Gasteiger partial charge >= 0.3 is 0 Å². The fraction of sp³-hybridized carbons (Fsp3) is 0.167. The Balaban J connectivity index is 1.40. The summed E-state index contributed by atoms with van der Waals surface area (Å²) >= 11 is 2.22. The van der Waals surface area contributed by atoms with Gasteiger partial charge in [-0.05, 0) is 77.7 Å². The number of hydrogen-bond donors (Lipinski definition) is 2. The van der Waals surface area contributed by atoms with Crippen LogP contribution in [0.25, 0.3) is 0 Å². The number of hydrogen-bond acceptors (Lipinski definition) is 4. The lowest BCUT2D eigenvalue weighted by Gasteiger charge is -2.18. The molecular formula is C30H26IN3O3. The number of nitrogens with one attached hydrogen (secondary N) is 2. The largest absolute Gasteiger partial charge is 0.455 e. The number of amides is 2. The van der Waals surface area contributed by atoms with Gasteiger partial charge in [-0.3, -0.25) is 9.59 Å². The first kappa shape index (κ1) is 25.0. The number of carbonyl (C=O) groups is 2. The van der Waals surface area contributed by atoms with Gasteiger partial charge in [0.2, 0.25) is 0 Å². The van der Waals surface area contributed by atoms with Gasteiger partial charge in [0.25, 0.3) is 11.8 Å². The molecule has 3 aromatic carbocycles. The van der Waals surface area contributed by atoms with Crippen LogP contribution in [0.3, 0.4) is 0 Å². The Morgan fingerprint density at radius 1 is 0.892 bits per heavy atom. The van der Waals surface area contributed by atoms with Crippen molar-refractivity contribution in [1.82, 2.24) is 5.43 Å². The van der Waals surface area contributed by atoms with E-state index in [9.17, 15) is 9.59 Å². The van der Waals surface area contributed by atoms with Crippen molar-refractivity contribution in [2.24, 2.45) is 5.10 Å². The first-order valence-electron chi connectivity index (χ1n) is 12.2. The van der Waals surface area contributed by atoms with E-state index in [1.165, 1.54) is 0 Å². The Bertz CT molecular complexity index is 1410. The SMILES string of the molecule is Cc1c(C(=O)Nc2ccc(I)cc2)oc2c1/C(=N/NC(=O)C(c1ccccc1)c1ccccc1)CCC2. The zero-order chi connectivity index (χ0) is 25.8. The molecule has 0 saturated carbocycles. The summed E-state index contributed by atoms with van der Waals surface area (Å²) in [5, 5.41) is 7.45. The second-order valence-electron chi connectivity index (χ2n) is 8.96. The maximum absolute atomic E-state index is 13.4. The quantitative estimate of drug-likeness (QED) is 0.197. The molecule has 186 valence electrons. The number of halogens is 1. The zero-order valence-electron chi connectivity index (χ0n) is 20.3. The van der Waals surface area contributed by atoms with Crippen LogP contribution in [-0.2, 0) is 11.2 Å². The molecule has 0 radical (unpaired) electrons. The molecule has 7 heteroatoms. The van der Waals surface area contributed by atoms with Crippen LogP contribution in [-0.4, -0.2) is 17.5 Å². The topological polar surface area (TPSA) is 83.7 Å². The van der Waals surface area contributed by atoms with Gasteiger partial charge in [0.1, 0.15) is 5.76 Å². The van der Waals surface area contributed by atoms with Gasteiger partial charge in [-0.2, -0.15) is 5.10 Å². The first-order chi connectivity index (χ1) is 18.0. The Morgan fingerprint density at radius 2 is 1.51 bits per heavy atom. The van der Waals surface area contributed by atoms with E-state index in [2.05, 4.69) is 38.4 Å². The molecule has 4 aromatic rings. The van der Waals surface area contributed by atoms with Crippen molar-refractivity contribution in [2.45, 2.75) is 32.1 Å². The molecule has 2 amide bonds. The molecule has 5 rings (SSSR count). The predicted octanol–water partition coefficient (Wildman–Crippen LogP) is 6.43. The van der Waals surface area contributed by atoms with E-state index >= 15 is 0 Å². The maximum atomic E-state index is 13.4. The van der Waals surface area contributed by atoms with E-state index in [1.54, 1.807) is 0 Å². The van der Waals surface area contributed by atoms with Crippen molar-refractivity contribution >= 4 is 45.8 Å². The van der Waals surface area contributed by atoms with Crippen LogP contribution in [0.15, 0.2) is 94.4 Å². The average Bonchev–Trinajstić information content (AvgIpc) is 3.27. The normalized spacial score (nSPS) is 13.9. The van der Waals surface area contributed by atoms with E-state index in [0.717, 1.165) is 50.1 Å². The number of aryl methyl sites for hydroxylation is 1. The summed E-state index contributed by atoms with van der Waals surface area (Å²) in [6.45, 7) is 1.87. The Kier molecular flexibility index (Phi) is 7.50. The molecule has 0 unspecified atom stereocenters. The molecule has 2 N–H and O–H groups in total. The average molecular weight is 603 g/mol. The number of nitrogens with zero attached hydrogens (tertiary/aromatic N) is 1. The van der Waals surface area contributed by atoms with Crippen LogP contribution < -0.4 is 10.7 Å². The van der Waals surface area contributed by atoms with Gasteiger partial charge in [0, 0.05) is 26.8 Å². The Hall–Kier alpha value is -3.72. The van der Waals surface area contributed by atoms with Crippen molar-refractivity contribution in [3.63, 3.8) is 0 Å². The number of anilines is 1. The second-order valence-corrected chi connectivity index (χ2v) is 10.2. The number of hydrazone groups is 1. The number of benzene rings is 3. The van der Waals surface area contributed by atoms with Crippen LogP contribution >= 0.6 is 22.6 Å². The molecule has 37 heavy (non-hydrogen) atoms. The van der Waals surface area contributed by atoms with Crippen molar-refractivity contribution in [1.29, 1.82) is 0 Å². The Morgan fingerprint density at radius 3 is 2.14 bits per heavy atom. The highest BCUT2D eigenvalue weighted by molar-refractivity contribution is 14.1.